The highest BCUT2D eigenvalue weighted by Crippen LogP contribution is 2.29. The maximum absolute atomic E-state index is 12.4. The molecule has 0 radical (unpaired) electrons. The van der Waals surface area contributed by atoms with Crippen molar-refractivity contribution in [1.82, 2.24) is 15.1 Å². The number of hydrogen-bond donors (Lipinski definition) is 2. The van der Waals surface area contributed by atoms with Gasteiger partial charge >= 0.3 is 0 Å². The number of carbonyl (C=O) groups excluding carboxylic acids is 1. The maximum atomic E-state index is 12.4. The Bertz CT molecular complexity index is 704. The lowest BCUT2D eigenvalue weighted by Crippen LogP contribution is -2.42. The summed E-state index contributed by atoms with van der Waals surface area (Å²) in [5.41, 5.74) is 6.78. The molecule has 2 heterocycles. The average molecular weight is 341 g/mol. The van der Waals surface area contributed by atoms with Gasteiger partial charge in [-0.15, -0.1) is 0 Å². The number of amides is 1. The van der Waals surface area contributed by atoms with Crippen molar-refractivity contribution in [3.63, 3.8) is 0 Å². The van der Waals surface area contributed by atoms with Gasteiger partial charge in [-0.2, -0.15) is 5.10 Å². The molecule has 1 aromatic carbocycles. The Morgan fingerprint density at radius 3 is 2.86 bits per heavy atom. The minimum absolute atomic E-state index is 0.155. The third-order valence-electron chi connectivity index (χ3n) is 3.50. The van der Waals surface area contributed by atoms with E-state index in [-0.39, 0.29) is 17.8 Å². The lowest BCUT2D eigenvalue weighted by molar-refractivity contribution is -0.0230. The van der Waals surface area contributed by atoms with Crippen LogP contribution in [0.3, 0.4) is 0 Å². The highest BCUT2D eigenvalue weighted by atomic mass is 35.5. The van der Waals surface area contributed by atoms with Crippen LogP contribution in [0, 0.1) is 0 Å². The number of nitrogens with two attached hydrogens (primary N) is 1. The number of rotatable bonds is 2. The van der Waals surface area contributed by atoms with Gasteiger partial charge in [0.15, 0.2) is 0 Å². The minimum atomic E-state index is -0.243. The van der Waals surface area contributed by atoms with Gasteiger partial charge < -0.3 is 15.4 Å². The number of morpholine rings is 1. The van der Waals surface area contributed by atoms with E-state index < -0.39 is 0 Å². The molecule has 0 spiro atoms. The van der Waals surface area contributed by atoms with E-state index in [1.807, 2.05) is 6.07 Å². The first-order valence-electron chi connectivity index (χ1n) is 6.71. The monoisotopic (exact) mass is 340 g/mol. The normalized spacial score (nSPS) is 18.5. The lowest BCUT2D eigenvalue weighted by atomic mass is 10.1. The molecular formula is C14H14Cl2N4O2. The highest BCUT2D eigenvalue weighted by molar-refractivity contribution is 6.42. The SMILES string of the molecule is Nc1cc(C(=O)N2CCO[C@H](c3ccc(Cl)c(Cl)c3)C2)[nH]n1. The number of H-pyrrole nitrogens is 1. The largest absolute Gasteiger partial charge is 0.382 e. The fraction of sp³-hybridized carbons (Fsp3) is 0.286. The van der Waals surface area contributed by atoms with Gasteiger partial charge in [-0.25, -0.2) is 0 Å². The number of hydrogen-bond acceptors (Lipinski definition) is 4. The molecule has 2 aromatic rings. The quantitative estimate of drug-likeness (QED) is 0.879. The van der Waals surface area contributed by atoms with E-state index in [1.165, 1.54) is 6.07 Å². The number of carbonyl (C=O) groups is 1. The summed E-state index contributed by atoms with van der Waals surface area (Å²) in [7, 11) is 0. The van der Waals surface area contributed by atoms with Crippen LogP contribution in [0.4, 0.5) is 5.82 Å². The zero-order valence-electron chi connectivity index (χ0n) is 11.6. The lowest BCUT2D eigenvalue weighted by Gasteiger charge is -2.33. The summed E-state index contributed by atoms with van der Waals surface area (Å²) in [5, 5.41) is 7.35. The Kier molecular flexibility index (Phi) is 4.24. The van der Waals surface area contributed by atoms with E-state index in [2.05, 4.69) is 10.2 Å². The molecule has 1 aliphatic rings. The van der Waals surface area contributed by atoms with Crippen LogP contribution in [0.25, 0.3) is 0 Å². The van der Waals surface area contributed by atoms with Crippen LogP contribution >= 0.6 is 23.2 Å². The molecule has 116 valence electrons. The summed E-state index contributed by atoms with van der Waals surface area (Å²) in [6.07, 6.45) is -0.243. The zero-order valence-corrected chi connectivity index (χ0v) is 13.1. The Morgan fingerprint density at radius 1 is 1.36 bits per heavy atom. The number of aromatic amines is 1. The standard InChI is InChI=1S/C14H14Cl2N4O2/c15-9-2-1-8(5-10(9)16)12-7-20(3-4-22-12)14(21)11-6-13(17)19-18-11/h1-2,5-6,12H,3-4,7H2,(H3,17,18,19)/t12-/m0/s1. The van der Waals surface area contributed by atoms with Gasteiger partial charge in [0.05, 0.1) is 23.2 Å². The van der Waals surface area contributed by atoms with Crippen molar-refractivity contribution in [2.45, 2.75) is 6.10 Å². The number of nitrogen functional groups attached to an aromatic ring is 1. The predicted octanol–water partition coefficient (Wildman–Crippen LogP) is 2.51. The third-order valence-corrected chi connectivity index (χ3v) is 4.24. The molecule has 8 heteroatoms. The second kappa shape index (κ2) is 6.16. The van der Waals surface area contributed by atoms with E-state index in [0.29, 0.717) is 35.4 Å². The van der Waals surface area contributed by atoms with Crippen LogP contribution in [-0.2, 0) is 4.74 Å². The molecule has 1 atom stereocenters. The Morgan fingerprint density at radius 2 is 2.18 bits per heavy atom. The second-order valence-electron chi connectivity index (χ2n) is 4.99. The van der Waals surface area contributed by atoms with Crippen LogP contribution in [0.2, 0.25) is 10.0 Å². The van der Waals surface area contributed by atoms with E-state index >= 15 is 0 Å². The number of nitrogens with one attached hydrogen (secondary N) is 1. The van der Waals surface area contributed by atoms with Crippen LogP contribution < -0.4 is 5.73 Å². The van der Waals surface area contributed by atoms with Gasteiger partial charge in [-0.05, 0) is 17.7 Å². The van der Waals surface area contributed by atoms with Crippen molar-refractivity contribution in [2.24, 2.45) is 0 Å². The van der Waals surface area contributed by atoms with Crippen molar-refractivity contribution in [3.8, 4) is 0 Å². The summed E-state index contributed by atoms with van der Waals surface area (Å²) in [4.78, 5) is 14.1. The molecule has 22 heavy (non-hydrogen) atoms. The molecule has 3 N–H and O–H groups in total. The van der Waals surface area contributed by atoms with Crippen LogP contribution in [0.15, 0.2) is 24.3 Å². The van der Waals surface area contributed by atoms with Crippen molar-refractivity contribution < 1.29 is 9.53 Å². The predicted molar refractivity (Wildman–Crippen MR) is 84.1 cm³/mol. The first kappa shape index (κ1) is 15.1. The second-order valence-corrected chi connectivity index (χ2v) is 5.81. The van der Waals surface area contributed by atoms with Gasteiger partial charge in [-0.1, -0.05) is 29.3 Å². The Balaban J connectivity index is 1.76. The number of anilines is 1. The van der Waals surface area contributed by atoms with Crippen molar-refractivity contribution in [3.05, 3.63) is 45.6 Å². The molecule has 0 bridgehead atoms. The molecular weight excluding hydrogens is 327 g/mol. The van der Waals surface area contributed by atoms with Gasteiger partial charge in [0.2, 0.25) is 0 Å². The summed E-state index contributed by atoms with van der Waals surface area (Å²) in [6, 6.07) is 6.85. The van der Waals surface area contributed by atoms with Crippen molar-refractivity contribution >= 4 is 34.9 Å². The average Bonchev–Trinajstić information content (AvgIpc) is 2.96. The van der Waals surface area contributed by atoms with Crippen molar-refractivity contribution in [2.75, 3.05) is 25.4 Å². The Labute approximate surface area is 137 Å². The van der Waals surface area contributed by atoms with Gasteiger partial charge in [0, 0.05) is 12.6 Å². The highest BCUT2D eigenvalue weighted by Gasteiger charge is 2.27. The molecule has 0 saturated carbocycles. The minimum Gasteiger partial charge on any atom is -0.382 e. The molecule has 0 aliphatic carbocycles. The molecule has 6 nitrogen and oxygen atoms in total. The van der Waals surface area contributed by atoms with Crippen molar-refractivity contribution in [1.29, 1.82) is 0 Å². The molecule has 1 saturated heterocycles. The summed E-state index contributed by atoms with van der Waals surface area (Å²) in [6.45, 7) is 1.38. The molecule has 1 aromatic heterocycles. The van der Waals surface area contributed by atoms with Gasteiger partial charge in [0.25, 0.3) is 5.91 Å². The zero-order chi connectivity index (χ0) is 15.7. The van der Waals surface area contributed by atoms with Gasteiger partial charge in [-0.3, -0.25) is 9.89 Å². The van der Waals surface area contributed by atoms with E-state index in [9.17, 15) is 4.79 Å². The van der Waals surface area contributed by atoms with Crippen LogP contribution in [0.5, 0.6) is 0 Å². The molecule has 0 unspecified atom stereocenters. The van der Waals surface area contributed by atoms with Crippen LogP contribution in [-0.4, -0.2) is 40.7 Å². The Hall–Kier alpha value is -1.76. The third kappa shape index (κ3) is 3.04. The first-order valence-corrected chi connectivity index (χ1v) is 7.47. The maximum Gasteiger partial charge on any atom is 0.272 e. The first-order chi connectivity index (χ1) is 10.5. The fourth-order valence-electron chi connectivity index (χ4n) is 2.37. The molecule has 1 aliphatic heterocycles. The van der Waals surface area contributed by atoms with E-state index in [4.69, 9.17) is 33.7 Å². The molecule has 3 rings (SSSR count). The summed E-state index contributed by atoms with van der Waals surface area (Å²) >= 11 is 12.0. The summed E-state index contributed by atoms with van der Waals surface area (Å²) in [5.74, 6) is 0.134. The number of benzene rings is 1. The number of nitrogens with zero attached hydrogens (tertiary/aromatic N) is 2. The fourth-order valence-corrected chi connectivity index (χ4v) is 2.67. The molecule has 1 amide bonds. The summed E-state index contributed by atoms with van der Waals surface area (Å²) < 4.78 is 5.73. The number of halogens is 2. The molecule has 1 fully saturated rings. The smallest absolute Gasteiger partial charge is 0.272 e. The van der Waals surface area contributed by atoms with Crippen LogP contribution in [0.1, 0.15) is 22.2 Å². The number of aromatic nitrogens is 2. The van der Waals surface area contributed by atoms with E-state index in [1.54, 1.807) is 17.0 Å². The van der Waals surface area contributed by atoms with Gasteiger partial charge in [0.1, 0.15) is 17.6 Å². The van der Waals surface area contributed by atoms with E-state index in [0.717, 1.165) is 5.56 Å². The number of ether oxygens (including phenoxy) is 1. The topological polar surface area (TPSA) is 84.2 Å².